The van der Waals surface area contributed by atoms with E-state index in [0.717, 1.165) is 23.0 Å². The first kappa shape index (κ1) is 22.3. The maximum atomic E-state index is 12.0. The molecule has 0 heterocycles. The largest absolute Gasteiger partial charge is 0.497 e. The van der Waals surface area contributed by atoms with Gasteiger partial charge in [0.05, 0.1) is 18.0 Å². The van der Waals surface area contributed by atoms with Gasteiger partial charge in [-0.05, 0) is 55.2 Å². The molecule has 0 saturated carbocycles. The SMILES string of the molecule is C=C(C)C(Nc1cc(OC)cc(S(C)(=O)=O)c1)c1ccc(Cl)cc1CCCO. The molecule has 2 aromatic rings. The number of nitrogens with one attached hydrogen (secondary N) is 1. The molecular formula is C21H26ClNO4S. The van der Waals surface area contributed by atoms with Crippen molar-refractivity contribution in [3.05, 3.63) is 64.7 Å². The second kappa shape index (κ2) is 9.45. The van der Waals surface area contributed by atoms with E-state index in [4.69, 9.17) is 16.3 Å². The first-order valence-corrected chi connectivity index (χ1v) is 11.1. The van der Waals surface area contributed by atoms with Crippen LogP contribution in [0.4, 0.5) is 5.69 Å². The van der Waals surface area contributed by atoms with Crippen LogP contribution < -0.4 is 10.1 Å². The number of ether oxygens (including phenoxy) is 1. The van der Waals surface area contributed by atoms with Gasteiger partial charge >= 0.3 is 0 Å². The van der Waals surface area contributed by atoms with Crippen molar-refractivity contribution in [2.45, 2.75) is 30.7 Å². The Hall–Kier alpha value is -2.02. The summed E-state index contributed by atoms with van der Waals surface area (Å²) in [5.41, 5.74) is 3.45. The number of rotatable bonds is 9. The van der Waals surface area contributed by atoms with E-state index in [9.17, 15) is 13.5 Å². The van der Waals surface area contributed by atoms with E-state index in [2.05, 4.69) is 11.9 Å². The predicted molar refractivity (Wildman–Crippen MR) is 114 cm³/mol. The van der Waals surface area contributed by atoms with Crippen LogP contribution >= 0.6 is 11.6 Å². The number of aryl methyl sites for hydroxylation is 1. The van der Waals surface area contributed by atoms with Gasteiger partial charge in [0.25, 0.3) is 0 Å². The molecular weight excluding hydrogens is 398 g/mol. The minimum atomic E-state index is -3.39. The number of hydrogen-bond acceptors (Lipinski definition) is 5. The molecule has 7 heteroatoms. The van der Waals surface area contributed by atoms with E-state index in [1.54, 1.807) is 12.1 Å². The molecule has 28 heavy (non-hydrogen) atoms. The highest BCUT2D eigenvalue weighted by Gasteiger charge is 2.18. The third kappa shape index (κ3) is 5.74. The second-order valence-corrected chi connectivity index (χ2v) is 9.22. The van der Waals surface area contributed by atoms with Gasteiger partial charge in [-0.3, -0.25) is 0 Å². The molecule has 5 nitrogen and oxygen atoms in total. The summed E-state index contributed by atoms with van der Waals surface area (Å²) in [7, 11) is -1.90. The molecule has 152 valence electrons. The fraction of sp³-hybridized carbons (Fsp3) is 0.333. The Bertz CT molecular complexity index is 957. The Morgan fingerprint density at radius 2 is 2.00 bits per heavy atom. The molecule has 0 aromatic heterocycles. The topological polar surface area (TPSA) is 75.6 Å². The summed E-state index contributed by atoms with van der Waals surface area (Å²) in [6.45, 7) is 6.08. The van der Waals surface area contributed by atoms with Gasteiger partial charge in [-0.15, -0.1) is 0 Å². The second-order valence-electron chi connectivity index (χ2n) is 6.76. The van der Waals surface area contributed by atoms with Crippen LogP contribution in [0, 0.1) is 0 Å². The number of aliphatic hydroxyl groups excluding tert-OH is 1. The molecule has 0 spiro atoms. The molecule has 0 amide bonds. The van der Waals surface area contributed by atoms with Crippen molar-refractivity contribution < 1.29 is 18.3 Å². The Morgan fingerprint density at radius 1 is 1.29 bits per heavy atom. The van der Waals surface area contributed by atoms with E-state index in [-0.39, 0.29) is 17.5 Å². The van der Waals surface area contributed by atoms with Crippen molar-refractivity contribution in [2.24, 2.45) is 0 Å². The van der Waals surface area contributed by atoms with E-state index >= 15 is 0 Å². The number of hydrogen-bond donors (Lipinski definition) is 2. The number of anilines is 1. The minimum absolute atomic E-state index is 0.0880. The minimum Gasteiger partial charge on any atom is -0.497 e. The van der Waals surface area contributed by atoms with Gasteiger partial charge in [0, 0.05) is 29.6 Å². The van der Waals surface area contributed by atoms with Crippen LogP contribution in [-0.4, -0.2) is 33.5 Å². The Morgan fingerprint density at radius 3 is 2.57 bits per heavy atom. The third-order valence-corrected chi connectivity index (χ3v) is 5.70. The lowest BCUT2D eigenvalue weighted by Gasteiger charge is -2.24. The van der Waals surface area contributed by atoms with Gasteiger partial charge in [-0.2, -0.15) is 0 Å². The van der Waals surface area contributed by atoms with Crippen LogP contribution in [0.15, 0.2) is 53.4 Å². The number of halogens is 1. The van der Waals surface area contributed by atoms with Crippen molar-refractivity contribution in [3.63, 3.8) is 0 Å². The standard InChI is InChI=1S/C21H26ClNO4S/c1-14(2)21(20-8-7-16(22)10-15(20)6-5-9-24)23-17-11-18(27-3)13-19(12-17)28(4,25)26/h7-8,10-13,21,23-24H,1,5-6,9H2,2-4H3. The van der Waals surface area contributed by atoms with Crippen LogP contribution in [0.25, 0.3) is 0 Å². The van der Waals surface area contributed by atoms with Gasteiger partial charge in [-0.25, -0.2) is 8.42 Å². The molecule has 0 bridgehead atoms. The van der Waals surface area contributed by atoms with Crippen molar-refractivity contribution in [1.82, 2.24) is 0 Å². The third-order valence-electron chi connectivity index (χ3n) is 4.37. The maximum Gasteiger partial charge on any atom is 0.175 e. The highest BCUT2D eigenvalue weighted by molar-refractivity contribution is 7.90. The van der Waals surface area contributed by atoms with Crippen molar-refractivity contribution in [1.29, 1.82) is 0 Å². The van der Waals surface area contributed by atoms with Gasteiger partial charge in [-0.1, -0.05) is 29.8 Å². The van der Waals surface area contributed by atoms with Crippen LogP contribution in [0.5, 0.6) is 5.75 Å². The maximum absolute atomic E-state index is 12.0. The highest BCUT2D eigenvalue weighted by atomic mass is 35.5. The van der Waals surface area contributed by atoms with Crippen LogP contribution in [0.1, 0.15) is 30.5 Å². The summed E-state index contributed by atoms with van der Waals surface area (Å²) in [6.07, 6.45) is 2.45. The molecule has 1 atom stereocenters. The molecule has 0 fully saturated rings. The van der Waals surface area contributed by atoms with Crippen molar-refractivity contribution in [2.75, 3.05) is 25.3 Å². The first-order chi connectivity index (χ1) is 13.2. The number of sulfone groups is 1. The number of benzene rings is 2. The molecule has 0 aliphatic heterocycles. The lowest BCUT2D eigenvalue weighted by atomic mass is 9.93. The van der Waals surface area contributed by atoms with Crippen LogP contribution in [0.2, 0.25) is 5.02 Å². The van der Waals surface area contributed by atoms with Crippen LogP contribution in [0.3, 0.4) is 0 Å². The summed E-state index contributed by atoms with van der Waals surface area (Å²) in [5.74, 6) is 0.447. The normalized spacial score (nSPS) is 12.5. The first-order valence-electron chi connectivity index (χ1n) is 8.86. The van der Waals surface area contributed by atoms with Crippen molar-refractivity contribution >= 4 is 27.1 Å². The predicted octanol–water partition coefficient (Wildman–Crippen LogP) is 4.41. The fourth-order valence-electron chi connectivity index (χ4n) is 2.96. The summed E-state index contributed by atoms with van der Waals surface area (Å²) >= 11 is 6.16. The smallest absolute Gasteiger partial charge is 0.175 e. The Labute approximate surface area is 171 Å². The summed E-state index contributed by atoms with van der Waals surface area (Å²) in [4.78, 5) is 0.173. The molecule has 2 aromatic carbocycles. The molecule has 0 aliphatic rings. The molecule has 0 saturated heterocycles. The molecule has 2 N–H and O–H groups in total. The fourth-order valence-corrected chi connectivity index (χ4v) is 3.83. The molecule has 2 rings (SSSR count). The number of aliphatic hydroxyl groups is 1. The van der Waals surface area contributed by atoms with Gasteiger partial charge in [0.15, 0.2) is 9.84 Å². The van der Waals surface area contributed by atoms with Gasteiger partial charge in [0.2, 0.25) is 0 Å². The zero-order chi connectivity index (χ0) is 20.9. The Kier molecular flexibility index (Phi) is 7.52. The van der Waals surface area contributed by atoms with Gasteiger partial charge in [0.1, 0.15) is 5.75 Å². The van der Waals surface area contributed by atoms with Crippen LogP contribution in [-0.2, 0) is 16.3 Å². The number of methoxy groups -OCH3 is 1. The van der Waals surface area contributed by atoms with E-state index in [0.29, 0.717) is 29.3 Å². The highest BCUT2D eigenvalue weighted by Crippen LogP contribution is 2.33. The zero-order valence-electron chi connectivity index (χ0n) is 16.3. The average Bonchev–Trinajstić information content (AvgIpc) is 2.63. The average molecular weight is 424 g/mol. The molecule has 0 radical (unpaired) electrons. The molecule has 1 unspecified atom stereocenters. The summed E-state index contributed by atoms with van der Waals surface area (Å²) in [5, 5.41) is 13.2. The lowest BCUT2D eigenvalue weighted by molar-refractivity contribution is 0.288. The Balaban J connectivity index is 2.49. The summed E-state index contributed by atoms with van der Waals surface area (Å²) in [6, 6.07) is 10.2. The lowest BCUT2D eigenvalue weighted by Crippen LogP contribution is -2.15. The monoisotopic (exact) mass is 423 g/mol. The van der Waals surface area contributed by atoms with Crippen molar-refractivity contribution in [3.8, 4) is 5.75 Å². The molecule has 0 aliphatic carbocycles. The van der Waals surface area contributed by atoms with Gasteiger partial charge < -0.3 is 15.2 Å². The zero-order valence-corrected chi connectivity index (χ0v) is 17.9. The quantitative estimate of drug-likeness (QED) is 0.584. The summed E-state index contributed by atoms with van der Waals surface area (Å²) < 4.78 is 29.3. The van der Waals surface area contributed by atoms with E-state index < -0.39 is 9.84 Å². The van der Waals surface area contributed by atoms with E-state index in [1.165, 1.54) is 13.2 Å². The van der Waals surface area contributed by atoms with E-state index in [1.807, 2.05) is 25.1 Å².